The van der Waals surface area contributed by atoms with Gasteiger partial charge >= 0.3 is 0 Å². The number of likely N-dealkylation sites (tertiary alicyclic amines) is 1. The SMILES string of the molecule is CC(NC(=O)CN1CCC(n2cncn2)CC1)c1ccc(Cl)cc1Cl. The van der Waals surface area contributed by atoms with E-state index < -0.39 is 0 Å². The van der Waals surface area contributed by atoms with Crippen molar-refractivity contribution < 1.29 is 4.79 Å². The highest BCUT2D eigenvalue weighted by molar-refractivity contribution is 6.35. The Morgan fingerprint density at radius 1 is 1.36 bits per heavy atom. The lowest BCUT2D eigenvalue weighted by molar-refractivity contribution is -0.123. The Labute approximate surface area is 157 Å². The Morgan fingerprint density at radius 2 is 2.12 bits per heavy atom. The van der Waals surface area contributed by atoms with Crippen molar-refractivity contribution in [2.45, 2.75) is 31.8 Å². The maximum atomic E-state index is 12.3. The molecule has 0 bridgehead atoms. The number of amides is 1. The van der Waals surface area contributed by atoms with Crippen molar-refractivity contribution in [3.63, 3.8) is 0 Å². The molecule has 1 aromatic carbocycles. The summed E-state index contributed by atoms with van der Waals surface area (Å²) in [5.74, 6) is -0.00211. The Balaban J connectivity index is 1.48. The van der Waals surface area contributed by atoms with E-state index in [1.54, 1.807) is 24.8 Å². The number of halogens is 2. The topological polar surface area (TPSA) is 63.1 Å². The smallest absolute Gasteiger partial charge is 0.234 e. The van der Waals surface area contributed by atoms with E-state index in [2.05, 4.69) is 20.3 Å². The molecular weight excluding hydrogens is 361 g/mol. The Morgan fingerprint density at radius 3 is 2.76 bits per heavy atom. The monoisotopic (exact) mass is 381 g/mol. The van der Waals surface area contributed by atoms with Crippen molar-refractivity contribution in [1.29, 1.82) is 0 Å². The summed E-state index contributed by atoms with van der Waals surface area (Å²) < 4.78 is 1.90. The van der Waals surface area contributed by atoms with Crippen LogP contribution in [-0.4, -0.2) is 45.2 Å². The van der Waals surface area contributed by atoms with Gasteiger partial charge in [-0.05, 0) is 37.5 Å². The fourth-order valence-corrected chi connectivity index (χ4v) is 3.74. The minimum atomic E-state index is -0.162. The van der Waals surface area contributed by atoms with E-state index in [1.807, 2.05) is 17.7 Å². The average molecular weight is 382 g/mol. The first-order valence-corrected chi connectivity index (χ1v) is 9.09. The molecule has 1 N–H and O–H groups in total. The predicted molar refractivity (Wildman–Crippen MR) is 97.8 cm³/mol. The van der Waals surface area contributed by atoms with E-state index in [9.17, 15) is 4.79 Å². The first-order chi connectivity index (χ1) is 12.0. The quantitative estimate of drug-likeness (QED) is 0.863. The minimum absolute atomic E-state index is 0.00211. The minimum Gasteiger partial charge on any atom is -0.348 e. The lowest BCUT2D eigenvalue weighted by Crippen LogP contribution is -2.42. The number of rotatable bonds is 5. The predicted octanol–water partition coefficient (Wildman–Crippen LogP) is 3.10. The van der Waals surface area contributed by atoms with Crippen molar-refractivity contribution in [2.24, 2.45) is 0 Å². The molecule has 1 aromatic heterocycles. The van der Waals surface area contributed by atoms with Gasteiger partial charge in [-0.2, -0.15) is 5.10 Å². The summed E-state index contributed by atoms with van der Waals surface area (Å²) in [5, 5.41) is 8.36. The summed E-state index contributed by atoms with van der Waals surface area (Å²) in [5.41, 5.74) is 0.865. The summed E-state index contributed by atoms with van der Waals surface area (Å²) in [6.45, 7) is 4.05. The van der Waals surface area contributed by atoms with E-state index in [1.165, 1.54) is 0 Å². The lowest BCUT2D eigenvalue weighted by atomic mass is 10.1. The maximum absolute atomic E-state index is 12.3. The number of aromatic nitrogens is 3. The first kappa shape index (κ1) is 18.2. The number of hydrogen-bond acceptors (Lipinski definition) is 4. The van der Waals surface area contributed by atoms with Gasteiger partial charge in [-0.25, -0.2) is 9.67 Å². The van der Waals surface area contributed by atoms with E-state index in [4.69, 9.17) is 23.2 Å². The third-order valence-electron chi connectivity index (χ3n) is 4.54. The third kappa shape index (κ3) is 4.71. The maximum Gasteiger partial charge on any atom is 0.234 e. The van der Waals surface area contributed by atoms with Crippen LogP contribution in [0.2, 0.25) is 10.0 Å². The van der Waals surface area contributed by atoms with Crippen LogP contribution in [0.1, 0.15) is 37.4 Å². The van der Waals surface area contributed by atoms with Crippen molar-refractivity contribution in [1.82, 2.24) is 25.0 Å². The molecule has 1 unspecified atom stereocenters. The molecule has 134 valence electrons. The molecule has 1 aliphatic rings. The van der Waals surface area contributed by atoms with Crippen LogP contribution in [0.3, 0.4) is 0 Å². The summed E-state index contributed by atoms with van der Waals surface area (Å²) in [4.78, 5) is 18.5. The fraction of sp³-hybridized carbons (Fsp3) is 0.471. The Bertz CT molecular complexity index is 714. The van der Waals surface area contributed by atoms with Gasteiger partial charge in [0, 0.05) is 23.1 Å². The molecule has 0 aliphatic carbocycles. The number of hydrogen-bond donors (Lipinski definition) is 1. The van der Waals surface area contributed by atoms with E-state index in [-0.39, 0.29) is 11.9 Å². The van der Waals surface area contributed by atoms with Crippen LogP contribution < -0.4 is 5.32 Å². The summed E-state index contributed by atoms with van der Waals surface area (Å²) in [6, 6.07) is 5.52. The summed E-state index contributed by atoms with van der Waals surface area (Å²) >= 11 is 12.1. The molecule has 1 atom stereocenters. The largest absolute Gasteiger partial charge is 0.348 e. The standard InChI is InChI=1S/C17H21Cl2N5O/c1-12(15-3-2-13(18)8-16(15)19)22-17(25)9-23-6-4-14(5-7-23)24-11-20-10-21-24/h2-3,8,10-12,14H,4-7,9H2,1H3,(H,22,25). The van der Waals surface area contributed by atoms with Gasteiger partial charge in [0.15, 0.2) is 0 Å². The molecule has 1 aliphatic heterocycles. The second-order valence-electron chi connectivity index (χ2n) is 6.34. The lowest BCUT2D eigenvalue weighted by Gasteiger charge is -2.31. The Kier molecular flexibility index (Phi) is 5.93. The molecule has 1 fully saturated rings. The molecule has 8 heteroatoms. The zero-order valence-corrected chi connectivity index (χ0v) is 15.5. The number of benzene rings is 1. The van der Waals surface area contributed by atoms with Gasteiger partial charge in [-0.3, -0.25) is 9.69 Å². The first-order valence-electron chi connectivity index (χ1n) is 8.33. The van der Waals surface area contributed by atoms with Gasteiger partial charge in [-0.1, -0.05) is 29.3 Å². The number of nitrogens with zero attached hydrogens (tertiary/aromatic N) is 4. The van der Waals surface area contributed by atoms with Gasteiger partial charge in [0.25, 0.3) is 0 Å². The molecule has 6 nitrogen and oxygen atoms in total. The normalized spacial score (nSPS) is 17.4. The molecule has 0 spiro atoms. The van der Waals surface area contributed by atoms with E-state index in [0.717, 1.165) is 31.5 Å². The zero-order valence-electron chi connectivity index (χ0n) is 14.0. The molecule has 2 aromatic rings. The third-order valence-corrected chi connectivity index (χ3v) is 5.10. The van der Waals surface area contributed by atoms with Crippen LogP contribution in [0, 0.1) is 0 Å². The highest BCUT2D eigenvalue weighted by atomic mass is 35.5. The van der Waals surface area contributed by atoms with E-state index >= 15 is 0 Å². The Hall–Kier alpha value is -1.63. The van der Waals surface area contributed by atoms with Crippen LogP contribution in [0.4, 0.5) is 0 Å². The number of nitrogens with one attached hydrogen (secondary N) is 1. The van der Waals surface area contributed by atoms with Gasteiger partial charge in [-0.15, -0.1) is 0 Å². The van der Waals surface area contributed by atoms with Gasteiger partial charge in [0.2, 0.25) is 5.91 Å². The average Bonchev–Trinajstić information content (AvgIpc) is 3.09. The number of piperidine rings is 1. The molecule has 0 saturated carbocycles. The second kappa shape index (κ2) is 8.17. The molecule has 0 radical (unpaired) electrons. The molecular formula is C17H21Cl2N5O. The van der Waals surface area contributed by atoms with Crippen LogP contribution in [-0.2, 0) is 4.79 Å². The second-order valence-corrected chi connectivity index (χ2v) is 7.18. The van der Waals surface area contributed by atoms with Crippen molar-refractivity contribution in [2.75, 3.05) is 19.6 Å². The number of carbonyl (C=O) groups excluding carboxylic acids is 1. The van der Waals surface area contributed by atoms with Crippen LogP contribution in [0.15, 0.2) is 30.9 Å². The van der Waals surface area contributed by atoms with Crippen molar-refractivity contribution in [3.05, 3.63) is 46.5 Å². The van der Waals surface area contributed by atoms with Crippen LogP contribution >= 0.6 is 23.2 Å². The van der Waals surface area contributed by atoms with Crippen molar-refractivity contribution >= 4 is 29.1 Å². The van der Waals surface area contributed by atoms with Crippen molar-refractivity contribution in [3.8, 4) is 0 Å². The molecule has 2 heterocycles. The summed E-state index contributed by atoms with van der Waals surface area (Å²) in [7, 11) is 0. The molecule has 1 saturated heterocycles. The molecule has 1 amide bonds. The molecule has 3 rings (SSSR count). The highest BCUT2D eigenvalue weighted by Crippen LogP contribution is 2.26. The fourth-order valence-electron chi connectivity index (χ4n) is 3.17. The van der Waals surface area contributed by atoms with E-state index in [0.29, 0.717) is 22.6 Å². The van der Waals surface area contributed by atoms with Gasteiger partial charge < -0.3 is 5.32 Å². The van der Waals surface area contributed by atoms with Crippen LogP contribution in [0.5, 0.6) is 0 Å². The highest BCUT2D eigenvalue weighted by Gasteiger charge is 2.23. The van der Waals surface area contributed by atoms with Gasteiger partial charge in [0.1, 0.15) is 12.7 Å². The van der Waals surface area contributed by atoms with Crippen LogP contribution in [0.25, 0.3) is 0 Å². The summed E-state index contributed by atoms with van der Waals surface area (Å²) in [6.07, 6.45) is 5.25. The number of carbonyl (C=O) groups is 1. The zero-order chi connectivity index (χ0) is 17.8. The molecule has 25 heavy (non-hydrogen) atoms. The van der Waals surface area contributed by atoms with Gasteiger partial charge in [0.05, 0.1) is 18.6 Å².